The highest BCUT2D eigenvalue weighted by atomic mass is 16.3. The summed E-state index contributed by atoms with van der Waals surface area (Å²) in [6.45, 7) is 2.07. The van der Waals surface area contributed by atoms with Crippen LogP contribution in [0.4, 0.5) is 0 Å². The second kappa shape index (κ2) is 5.81. The maximum Gasteiger partial charge on any atom is 0.164 e. The molecule has 0 saturated heterocycles. The fourth-order valence-corrected chi connectivity index (χ4v) is 2.87. The molecule has 0 aliphatic rings. The van der Waals surface area contributed by atoms with Crippen LogP contribution in [0.25, 0.3) is 16.9 Å². The van der Waals surface area contributed by atoms with Crippen molar-refractivity contribution in [3.63, 3.8) is 0 Å². The van der Waals surface area contributed by atoms with E-state index in [1.807, 2.05) is 34.9 Å². The molecule has 4 aromatic rings. The van der Waals surface area contributed by atoms with Crippen LogP contribution in [0, 0.1) is 6.92 Å². The van der Waals surface area contributed by atoms with Crippen molar-refractivity contribution in [2.45, 2.75) is 13.3 Å². The van der Waals surface area contributed by atoms with Crippen molar-refractivity contribution in [3.05, 3.63) is 83.8 Å². The van der Waals surface area contributed by atoms with Crippen LogP contribution in [0.3, 0.4) is 0 Å². The van der Waals surface area contributed by atoms with Gasteiger partial charge in [0.1, 0.15) is 17.1 Å². The second-order valence-electron chi connectivity index (χ2n) is 5.86. The molecule has 118 valence electrons. The average Bonchev–Trinajstić information content (AvgIpc) is 2.95. The van der Waals surface area contributed by atoms with Gasteiger partial charge in [-0.05, 0) is 36.8 Å². The molecule has 24 heavy (non-hydrogen) atoms. The lowest BCUT2D eigenvalue weighted by molar-refractivity contribution is 0.472. The first-order chi connectivity index (χ1) is 11.7. The Morgan fingerprint density at radius 3 is 2.54 bits per heavy atom. The summed E-state index contributed by atoms with van der Waals surface area (Å²) in [6, 6.07) is 19.5. The van der Waals surface area contributed by atoms with Crippen molar-refractivity contribution >= 4 is 11.2 Å². The first kappa shape index (κ1) is 14.5. The lowest BCUT2D eigenvalue weighted by Gasteiger charge is -2.10. The highest BCUT2D eigenvalue weighted by Gasteiger charge is 2.16. The lowest BCUT2D eigenvalue weighted by atomic mass is 10.1. The van der Waals surface area contributed by atoms with E-state index < -0.39 is 0 Å². The number of para-hydroxylation sites is 2. The smallest absolute Gasteiger partial charge is 0.164 e. The van der Waals surface area contributed by atoms with Gasteiger partial charge in [-0.3, -0.25) is 4.57 Å². The minimum Gasteiger partial charge on any atom is -0.506 e. The number of phenolic OH excluding ortho intramolecular Hbond substituents is 1. The molecule has 4 nitrogen and oxygen atoms in total. The van der Waals surface area contributed by atoms with Gasteiger partial charge in [-0.2, -0.15) is 0 Å². The van der Waals surface area contributed by atoms with Crippen LogP contribution in [0.2, 0.25) is 0 Å². The molecule has 4 heteroatoms. The number of hydrogen-bond donors (Lipinski definition) is 1. The Morgan fingerprint density at radius 1 is 0.958 bits per heavy atom. The van der Waals surface area contributed by atoms with E-state index in [1.165, 1.54) is 11.1 Å². The van der Waals surface area contributed by atoms with E-state index in [4.69, 9.17) is 4.98 Å². The topological polar surface area (TPSA) is 50.9 Å². The Kier molecular flexibility index (Phi) is 3.50. The van der Waals surface area contributed by atoms with E-state index in [0.29, 0.717) is 12.1 Å². The van der Waals surface area contributed by atoms with Crippen LogP contribution in [0.1, 0.15) is 17.0 Å². The molecule has 4 rings (SSSR count). The van der Waals surface area contributed by atoms with Crippen LogP contribution in [0.15, 0.2) is 66.9 Å². The van der Waals surface area contributed by atoms with Gasteiger partial charge >= 0.3 is 0 Å². The predicted octanol–water partition coefficient (Wildman–Crippen LogP) is 4.03. The molecule has 0 unspecified atom stereocenters. The van der Waals surface area contributed by atoms with Gasteiger partial charge in [0, 0.05) is 12.6 Å². The van der Waals surface area contributed by atoms with E-state index in [0.717, 1.165) is 17.0 Å². The van der Waals surface area contributed by atoms with Crippen LogP contribution in [-0.4, -0.2) is 19.6 Å². The van der Waals surface area contributed by atoms with E-state index >= 15 is 0 Å². The van der Waals surface area contributed by atoms with Gasteiger partial charge in [0.2, 0.25) is 0 Å². The minimum atomic E-state index is 0.215. The van der Waals surface area contributed by atoms with E-state index in [1.54, 1.807) is 12.3 Å². The van der Waals surface area contributed by atoms with Gasteiger partial charge in [0.25, 0.3) is 0 Å². The molecule has 0 atom stereocenters. The maximum absolute atomic E-state index is 10.3. The first-order valence-electron chi connectivity index (χ1n) is 7.88. The van der Waals surface area contributed by atoms with Gasteiger partial charge in [-0.1, -0.05) is 42.0 Å². The highest BCUT2D eigenvalue weighted by molar-refractivity contribution is 5.74. The summed E-state index contributed by atoms with van der Waals surface area (Å²) < 4.78 is 1.94. The number of aromatic hydroxyl groups is 1. The molecular formula is C20H17N3O. The SMILES string of the molecule is Cc1ccc(Cc2nc3cccnc3n2-c2ccccc2O)cc1. The molecule has 2 aromatic heterocycles. The summed E-state index contributed by atoms with van der Waals surface area (Å²) in [5.74, 6) is 1.07. The molecule has 0 spiro atoms. The fourth-order valence-electron chi connectivity index (χ4n) is 2.87. The Hall–Kier alpha value is -3.14. The standard InChI is InChI=1S/C20H17N3O/c1-14-8-10-15(11-9-14)13-19-22-16-5-4-12-21-20(16)23(19)17-6-2-3-7-18(17)24/h2-12,24H,13H2,1H3. The van der Waals surface area contributed by atoms with Gasteiger partial charge in [-0.25, -0.2) is 9.97 Å². The molecule has 0 saturated carbocycles. The van der Waals surface area contributed by atoms with Crippen LogP contribution < -0.4 is 0 Å². The Bertz CT molecular complexity index is 1000. The zero-order valence-electron chi connectivity index (χ0n) is 13.3. The average molecular weight is 315 g/mol. The van der Waals surface area contributed by atoms with E-state index in [2.05, 4.69) is 36.2 Å². The number of phenols is 1. The summed E-state index contributed by atoms with van der Waals surface area (Å²) in [7, 11) is 0. The van der Waals surface area contributed by atoms with E-state index in [9.17, 15) is 5.11 Å². The second-order valence-corrected chi connectivity index (χ2v) is 5.86. The molecule has 0 fully saturated rings. The molecule has 2 heterocycles. The van der Waals surface area contributed by atoms with Crippen molar-refractivity contribution in [3.8, 4) is 11.4 Å². The van der Waals surface area contributed by atoms with Crippen LogP contribution >= 0.6 is 0 Å². The molecule has 2 aromatic carbocycles. The van der Waals surface area contributed by atoms with Gasteiger partial charge in [0.05, 0.1) is 5.69 Å². The normalized spacial score (nSPS) is 11.0. The zero-order valence-corrected chi connectivity index (χ0v) is 13.3. The predicted molar refractivity (Wildman–Crippen MR) is 94.5 cm³/mol. The van der Waals surface area contributed by atoms with Crippen LogP contribution in [-0.2, 0) is 6.42 Å². The maximum atomic E-state index is 10.3. The summed E-state index contributed by atoms with van der Waals surface area (Å²) >= 11 is 0. The van der Waals surface area contributed by atoms with Gasteiger partial charge in [-0.15, -0.1) is 0 Å². The number of fused-ring (bicyclic) bond motifs is 1. The molecular weight excluding hydrogens is 298 g/mol. The minimum absolute atomic E-state index is 0.215. The molecule has 0 aliphatic carbocycles. The number of benzene rings is 2. The summed E-state index contributed by atoms with van der Waals surface area (Å²) in [5, 5.41) is 10.3. The van der Waals surface area contributed by atoms with Crippen molar-refractivity contribution in [2.24, 2.45) is 0 Å². The number of aryl methyl sites for hydroxylation is 1. The molecule has 0 amide bonds. The fraction of sp³-hybridized carbons (Fsp3) is 0.100. The van der Waals surface area contributed by atoms with Crippen molar-refractivity contribution in [1.29, 1.82) is 0 Å². The molecule has 0 radical (unpaired) electrons. The monoisotopic (exact) mass is 315 g/mol. The Labute approximate surface area is 140 Å². The third-order valence-electron chi connectivity index (χ3n) is 4.09. The summed E-state index contributed by atoms with van der Waals surface area (Å²) in [5.41, 5.74) is 4.67. The Morgan fingerprint density at radius 2 is 1.75 bits per heavy atom. The van der Waals surface area contributed by atoms with Gasteiger partial charge in [0.15, 0.2) is 5.65 Å². The zero-order chi connectivity index (χ0) is 16.5. The third kappa shape index (κ3) is 2.52. The molecule has 1 N–H and O–H groups in total. The number of aromatic nitrogens is 3. The highest BCUT2D eigenvalue weighted by Crippen LogP contribution is 2.27. The van der Waals surface area contributed by atoms with Crippen molar-refractivity contribution < 1.29 is 5.11 Å². The number of hydrogen-bond acceptors (Lipinski definition) is 3. The van der Waals surface area contributed by atoms with Crippen molar-refractivity contribution in [2.75, 3.05) is 0 Å². The van der Waals surface area contributed by atoms with E-state index in [-0.39, 0.29) is 5.75 Å². The lowest BCUT2D eigenvalue weighted by Crippen LogP contribution is -2.03. The quantitative estimate of drug-likeness (QED) is 0.621. The summed E-state index contributed by atoms with van der Waals surface area (Å²) in [6.07, 6.45) is 2.42. The van der Waals surface area contributed by atoms with Crippen molar-refractivity contribution in [1.82, 2.24) is 14.5 Å². The number of imidazole rings is 1. The molecule has 0 aliphatic heterocycles. The number of nitrogens with zero attached hydrogens (tertiary/aromatic N) is 3. The Balaban J connectivity index is 1.90. The summed E-state index contributed by atoms with van der Waals surface area (Å²) in [4.78, 5) is 9.20. The molecule has 0 bridgehead atoms. The van der Waals surface area contributed by atoms with Gasteiger partial charge < -0.3 is 5.11 Å². The largest absolute Gasteiger partial charge is 0.506 e. The number of rotatable bonds is 3. The first-order valence-corrected chi connectivity index (χ1v) is 7.88. The number of pyridine rings is 1. The third-order valence-corrected chi connectivity index (χ3v) is 4.09. The van der Waals surface area contributed by atoms with Crippen LogP contribution in [0.5, 0.6) is 5.75 Å².